The van der Waals surface area contributed by atoms with Crippen LogP contribution in [0, 0.1) is 0 Å². The Balaban J connectivity index is 0.000000123. The second-order valence-corrected chi connectivity index (χ2v) is 32.3. The van der Waals surface area contributed by atoms with Gasteiger partial charge in [0.05, 0.1) is 61.5 Å². The molecule has 1 aliphatic rings. The largest absolute Gasteiger partial charge is 0.355 e. The number of Topliss-reactive ketones (excluding diaryl/α,β-unsaturated/α-hetero) is 3. The molecule has 8 N–H and O–H groups in total. The molecule has 0 aliphatic heterocycles. The lowest BCUT2D eigenvalue weighted by atomic mass is 9.91. The van der Waals surface area contributed by atoms with Crippen molar-refractivity contribution in [2.45, 2.75) is 13.8 Å². The second kappa shape index (κ2) is 39.4. The van der Waals surface area contributed by atoms with Gasteiger partial charge in [-0.1, -0.05) is 91.0 Å². The van der Waals surface area contributed by atoms with Gasteiger partial charge in [-0.3, -0.25) is 79.9 Å². The minimum Gasteiger partial charge on any atom is -0.355 e. The number of nitrogens with zero attached hydrogens (tertiary/aromatic N) is 11. The number of fused-ring (bicyclic) bond motifs is 12. The smallest absolute Gasteiger partial charge is 0.339 e. The molecule has 23 nitrogen and oxygen atoms in total. The van der Waals surface area contributed by atoms with Crippen LogP contribution in [-0.4, -0.2) is 99.1 Å². The summed E-state index contributed by atoms with van der Waals surface area (Å²) in [5.41, 5.74) is 26.6. The van der Waals surface area contributed by atoms with Gasteiger partial charge in [0.25, 0.3) is 0 Å². The first-order valence-electron chi connectivity index (χ1n) is 36.4. The van der Waals surface area contributed by atoms with E-state index in [-0.39, 0.29) is 5.78 Å². The van der Waals surface area contributed by atoms with E-state index in [4.69, 9.17) is 10.8 Å². The Hall–Kier alpha value is -14.7. The highest BCUT2D eigenvalue weighted by atomic mass is 36.0. The van der Waals surface area contributed by atoms with Crippen LogP contribution in [0.5, 0.6) is 0 Å². The van der Waals surface area contributed by atoms with Crippen LogP contribution in [0.15, 0.2) is 341 Å². The van der Waals surface area contributed by atoms with Crippen molar-refractivity contribution in [3.05, 3.63) is 363 Å². The third-order valence-corrected chi connectivity index (χ3v) is 18.1. The van der Waals surface area contributed by atoms with Crippen molar-refractivity contribution in [1.29, 1.82) is 0 Å². The number of hydrogen-bond acceptors (Lipinski definition) is 19. The average molecular weight is 1630 g/mol. The van der Waals surface area contributed by atoms with Gasteiger partial charge in [-0.15, -0.1) is 0 Å². The Bertz CT molecular complexity index is 6560. The summed E-state index contributed by atoms with van der Waals surface area (Å²) in [4.78, 5) is 102. The second-order valence-electron chi connectivity index (χ2n) is 25.7. The molecule has 0 saturated carbocycles. The van der Waals surface area contributed by atoms with E-state index in [0.29, 0.717) is 33.6 Å². The summed E-state index contributed by atoms with van der Waals surface area (Å²) in [7, 11) is 0. The molecule has 27 heteroatoms. The number of carbonyl (C=O) groups excluding carboxylic acids is 4. The number of halogens is 3. The van der Waals surface area contributed by atoms with Gasteiger partial charge in [0.1, 0.15) is 17.2 Å². The number of para-hydroxylation sites is 5. The lowest BCUT2D eigenvalue weighted by molar-refractivity contribution is 0.0814. The number of H-pyrrole nitrogens is 4. The van der Waals surface area contributed by atoms with Gasteiger partial charge in [-0.25, -0.2) is 4.98 Å². The van der Waals surface area contributed by atoms with Crippen LogP contribution in [0.3, 0.4) is 0 Å². The zero-order chi connectivity index (χ0) is 82.2. The standard InChI is InChI=1S/C26H16N6.C14H10N2O.C13H13N3.C13H10N2.C12H6N2O2.C7H7NO.C6H8N2.Cl3OP/c1-2-8-19-16(5-1)20(21(30-19)15-9-13-27-14-10-15)26-31-24-17-6-3-11-28-22(17)23-18(25(24)32-26)7-4-12-29-23;17-9-12-11-3-1-2-4-13(11)16-14(12)10-5-7-15-8-6-10;1-11(12-7-9-14-10-8-12)15-16-13-5-3-2-4-6-13;1-2-4-12-11(3-1)9-13(15-12)10-5-7-14-8-6-10;15-11-7-3-1-5-13-9(7)10-8(12(11)16)4-2-6-14-10;1-6(9)7-2-4-8-5-3-7;7-8-6-4-2-1-3-5-6;1-5(2,3)4/h1-14,30H,(H,31,32);1-9,16H;2-10,16H,1H3;1-9,15H;1-6H;2-5H,1H3;1-5,8H,7H2;/b;;15-11+;;;;;. The molecule has 19 aromatic rings. The summed E-state index contributed by atoms with van der Waals surface area (Å²) in [6.07, 6.45) is 25.1. The quantitative estimate of drug-likeness (QED) is 0.00977. The molecule has 580 valence electrons. The number of hydrazine groups is 1. The van der Waals surface area contributed by atoms with Gasteiger partial charge >= 0.3 is 5.20 Å². The molecule has 13 aromatic heterocycles. The fraction of sp³-hybridized carbons (Fsp3) is 0.0220. The Morgan fingerprint density at radius 1 is 0.432 bits per heavy atom. The van der Waals surface area contributed by atoms with E-state index < -0.39 is 16.8 Å². The molecule has 118 heavy (non-hydrogen) atoms. The van der Waals surface area contributed by atoms with Crippen LogP contribution in [0.25, 0.3) is 122 Å². The van der Waals surface area contributed by atoms with Crippen LogP contribution in [-0.2, 0) is 4.57 Å². The minimum atomic E-state index is -3.22. The molecule has 1 aliphatic carbocycles. The van der Waals surface area contributed by atoms with Crippen molar-refractivity contribution < 1.29 is 23.7 Å². The molecule has 0 fully saturated rings. The van der Waals surface area contributed by atoms with E-state index in [9.17, 15) is 23.7 Å². The summed E-state index contributed by atoms with van der Waals surface area (Å²) in [6.45, 7) is 3.50. The van der Waals surface area contributed by atoms with Crippen LogP contribution in [0.4, 0.5) is 11.4 Å². The molecule has 0 saturated heterocycles. The lowest BCUT2D eigenvalue weighted by Crippen LogP contribution is -2.22. The van der Waals surface area contributed by atoms with Crippen molar-refractivity contribution in [3.63, 3.8) is 0 Å². The number of rotatable bonds is 10. The third kappa shape index (κ3) is 20.4. The van der Waals surface area contributed by atoms with Crippen molar-refractivity contribution in [3.8, 4) is 56.5 Å². The van der Waals surface area contributed by atoms with Crippen molar-refractivity contribution in [2.24, 2.45) is 10.9 Å². The summed E-state index contributed by atoms with van der Waals surface area (Å²) < 4.78 is 9.51. The van der Waals surface area contributed by atoms with Crippen LogP contribution in [0.1, 0.15) is 60.8 Å². The number of aldehydes is 1. The molecule has 6 aromatic carbocycles. The maximum Gasteiger partial charge on any atom is 0.339 e. The van der Waals surface area contributed by atoms with E-state index >= 15 is 0 Å². The first-order chi connectivity index (χ1) is 57.6. The predicted molar refractivity (Wildman–Crippen MR) is 472 cm³/mol. The maximum absolute atomic E-state index is 11.8. The zero-order valence-corrected chi connectivity index (χ0v) is 66.1. The number of carbonyl (C=O) groups is 4. The minimum absolute atomic E-state index is 0.0809. The van der Waals surface area contributed by atoms with Gasteiger partial charge in [-0.05, 0) is 205 Å². The number of benzene rings is 6. The summed E-state index contributed by atoms with van der Waals surface area (Å²) in [5, 5.41) is 6.39. The molecule has 13 heterocycles. The number of hydrogen-bond donors (Lipinski definition) is 7. The first-order valence-corrected chi connectivity index (χ1v) is 40.9. The van der Waals surface area contributed by atoms with E-state index in [2.05, 4.69) is 163 Å². The molecular weight excluding hydrogens is 1560 g/mol. The number of anilines is 2. The van der Waals surface area contributed by atoms with Crippen LogP contribution < -0.4 is 16.7 Å². The molecule has 0 unspecified atom stereocenters. The molecule has 0 amide bonds. The summed E-state index contributed by atoms with van der Waals surface area (Å²) in [5.74, 6) is 4.97. The number of aromatic nitrogens is 14. The van der Waals surface area contributed by atoms with Gasteiger partial charge in [0.2, 0.25) is 11.6 Å². The molecule has 0 bridgehead atoms. The summed E-state index contributed by atoms with van der Waals surface area (Å²) in [6, 6.07) is 79.6. The van der Waals surface area contributed by atoms with Gasteiger partial charge in [0.15, 0.2) is 12.1 Å². The Morgan fingerprint density at radius 2 is 0.864 bits per heavy atom. The molecule has 0 atom stereocenters. The Labute approximate surface area is 689 Å². The monoisotopic (exact) mass is 1630 g/mol. The van der Waals surface area contributed by atoms with Gasteiger partial charge < -0.3 is 25.4 Å². The van der Waals surface area contributed by atoms with Gasteiger partial charge in [-0.2, -0.15) is 5.10 Å². The van der Waals surface area contributed by atoms with Crippen molar-refractivity contribution in [1.82, 2.24) is 69.8 Å². The predicted octanol–water partition coefficient (Wildman–Crippen LogP) is 21.6. The fourth-order valence-electron chi connectivity index (χ4n) is 12.6. The number of hydrazone groups is 1. The number of pyridine rings is 9. The Morgan fingerprint density at radius 3 is 1.39 bits per heavy atom. The van der Waals surface area contributed by atoms with E-state index in [1.54, 1.807) is 111 Å². The highest BCUT2D eigenvalue weighted by Crippen LogP contribution is 2.61. The van der Waals surface area contributed by atoms with Crippen LogP contribution in [0.2, 0.25) is 0 Å². The van der Waals surface area contributed by atoms with Crippen molar-refractivity contribution >= 4 is 145 Å². The number of aromatic amines is 4. The normalized spacial score (nSPS) is 11.2. The first kappa shape index (κ1) is 81.3. The fourth-order valence-corrected chi connectivity index (χ4v) is 12.6. The van der Waals surface area contributed by atoms with E-state index in [1.807, 2.05) is 183 Å². The van der Waals surface area contributed by atoms with Crippen LogP contribution >= 0.6 is 38.9 Å². The number of nitrogens with two attached hydrogens (primary N) is 1. The van der Waals surface area contributed by atoms with Gasteiger partial charge in [0, 0.05) is 175 Å². The number of nitrogens with one attached hydrogen (secondary N) is 6. The van der Waals surface area contributed by atoms with E-state index in [1.165, 1.54) is 23.4 Å². The van der Waals surface area contributed by atoms with Crippen molar-refractivity contribution in [2.75, 3.05) is 10.9 Å². The third-order valence-electron chi connectivity index (χ3n) is 18.1. The average Bonchev–Trinajstić information content (AvgIpc) is 1.57. The SMILES string of the molecule is C/C(=N\Nc1ccccc1)c1ccncc1.CC(=O)c1ccncc1.NNc1ccccc1.O=C1C(=O)c2cccnc2-c2ncccc21.O=Cc1c(-c2ccncc2)[nH]c2ccccc12.O=P(Cl)(Cl)Cl.c1ccc2[nH]c(-c3ccncc3)cc2c1.c1ccc2c(-c3nc4c5cccnc5c5ncccc5c4[nH]3)c(-c3ccncc3)[nH]c2c1. The number of imidazole rings is 1. The molecule has 0 radical (unpaired) electrons. The molecule has 20 rings (SSSR count). The topological polar surface area (TPSA) is 340 Å². The highest BCUT2D eigenvalue weighted by molar-refractivity contribution is 8.24. The Kier molecular flexibility index (Phi) is 27.1. The molecular formula is C91H70Cl3N18O5P. The zero-order valence-electron chi connectivity index (χ0n) is 63.0. The number of nitrogen functional groups attached to an aromatic ring is 1. The number of ketones is 3. The molecule has 0 spiro atoms. The van der Waals surface area contributed by atoms with E-state index in [0.717, 1.165) is 123 Å². The maximum atomic E-state index is 11.8. The highest BCUT2D eigenvalue weighted by Gasteiger charge is 2.32. The summed E-state index contributed by atoms with van der Waals surface area (Å²) >= 11 is 13.8. The lowest BCUT2D eigenvalue weighted by Gasteiger charge is -2.14.